The highest BCUT2D eigenvalue weighted by atomic mass is 14.6. The summed E-state index contributed by atoms with van der Waals surface area (Å²) in [6.45, 7) is 5.01. The summed E-state index contributed by atoms with van der Waals surface area (Å²) in [5.74, 6) is 9.13. The van der Waals surface area contributed by atoms with Crippen LogP contribution in [-0.2, 0) is 0 Å². The zero-order valence-corrected chi connectivity index (χ0v) is 11.6. The molecule has 0 heterocycles. The van der Waals surface area contributed by atoms with E-state index in [1.165, 1.54) is 18.3 Å². The van der Waals surface area contributed by atoms with Crippen molar-refractivity contribution < 1.29 is 0 Å². The highest BCUT2D eigenvalue weighted by Gasteiger charge is 2.59. The second kappa shape index (κ2) is 3.75. The molecule has 0 amide bonds. The fraction of sp³-hybridized carbons (Fsp3) is 1.00. The first-order chi connectivity index (χ1) is 8.29. The lowest BCUT2D eigenvalue weighted by atomic mass is 9.75. The Hall–Kier alpha value is 0. The second-order valence-electron chi connectivity index (χ2n) is 7.79. The Labute approximate surface area is 107 Å². The van der Waals surface area contributed by atoms with Crippen LogP contribution in [-0.4, -0.2) is 0 Å². The molecule has 4 fully saturated rings. The Bertz CT molecular complexity index is 303. The number of fused-ring (bicyclic) bond motifs is 7. The predicted molar refractivity (Wildman–Crippen MR) is 71.6 cm³/mol. The maximum absolute atomic E-state index is 2.56. The Morgan fingerprint density at radius 1 is 0.882 bits per heavy atom. The van der Waals surface area contributed by atoms with Crippen molar-refractivity contribution in [3.8, 4) is 0 Å². The molecule has 0 N–H and O–H groups in total. The largest absolute Gasteiger partial charge is 0.0651 e. The van der Waals surface area contributed by atoms with Crippen LogP contribution >= 0.6 is 0 Å². The van der Waals surface area contributed by atoms with Crippen molar-refractivity contribution in [1.29, 1.82) is 0 Å². The summed E-state index contributed by atoms with van der Waals surface area (Å²) in [6.07, 6.45) is 11.0. The molecule has 8 unspecified atom stereocenters. The maximum atomic E-state index is 2.56. The van der Waals surface area contributed by atoms with E-state index in [0.717, 1.165) is 35.5 Å². The van der Waals surface area contributed by atoms with Gasteiger partial charge in [-0.3, -0.25) is 0 Å². The third kappa shape index (κ3) is 1.36. The van der Waals surface area contributed by atoms with Crippen LogP contribution in [0.25, 0.3) is 0 Å². The lowest BCUT2D eigenvalue weighted by Crippen LogP contribution is -2.23. The normalized spacial score (nSPS) is 60.4. The van der Waals surface area contributed by atoms with E-state index in [2.05, 4.69) is 13.8 Å². The van der Waals surface area contributed by atoms with Gasteiger partial charge in [-0.25, -0.2) is 0 Å². The predicted octanol–water partition coefficient (Wildman–Crippen LogP) is 4.74. The lowest BCUT2D eigenvalue weighted by Gasteiger charge is -2.29. The van der Waals surface area contributed by atoms with Crippen molar-refractivity contribution in [3.63, 3.8) is 0 Å². The first-order valence-corrected chi connectivity index (χ1v) is 8.29. The molecule has 4 aliphatic rings. The van der Waals surface area contributed by atoms with E-state index in [4.69, 9.17) is 0 Å². The Morgan fingerprint density at radius 2 is 1.71 bits per heavy atom. The highest BCUT2D eigenvalue weighted by Crippen LogP contribution is 2.66. The summed E-state index contributed by atoms with van der Waals surface area (Å²) in [5, 5.41) is 0. The van der Waals surface area contributed by atoms with E-state index in [1.54, 1.807) is 38.5 Å². The highest BCUT2D eigenvalue weighted by molar-refractivity contribution is 5.08. The SMILES string of the molecule is CCC1CC(C)C2CC3C4CCCC(C4)C3C12. The van der Waals surface area contributed by atoms with Gasteiger partial charge in [-0.2, -0.15) is 0 Å². The lowest BCUT2D eigenvalue weighted by molar-refractivity contribution is 0.189. The average Bonchev–Trinajstić information content (AvgIpc) is 2.94. The summed E-state index contributed by atoms with van der Waals surface area (Å²) in [5.41, 5.74) is 0. The van der Waals surface area contributed by atoms with Gasteiger partial charge in [-0.05, 0) is 66.6 Å². The van der Waals surface area contributed by atoms with E-state index in [9.17, 15) is 0 Å². The summed E-state index contributed by atoms with van der Waals surface area (Å²) in [4.78, 5) is 0. The van der Waals surface area contributed by atoms with Crippen LogP contribution in [0.2, 0.25) is 0 Å². The van der Waals surface area contributed by atoms with Crippen LogP contribution in [0, 0.1) is 47.3 Å². The zero-order chi connectivity index (χ0) is 11.6. The minimum atomic E-state index is 1.05. The van der Waals surface area contributed by atoms with Gasteiger partial charge in [0, 0.05) is 0 Å². The number of hydrogen-bond acceptors (Lipinski definition) is 0. The smallest absolute Gasteiger partial charge is 0.0321 e. The van der Waals surface area contributed by atoms with Crippen LogP contribution in [0.1, 0.15) is 58.8 Å². The molecule has 2 bridgehead atoms. The quantitative estimate of drug-likeness (QED) is 0.612. The molecule has 8 atom stereocenters. The fourth-order valence-corrected chi connectivity index (χ4v) is 6.90. The Morgan fingerprint density at radius 3 is 2.53 bits per heavy atom. The second-order valence-corrected chi connectivity index (χ2v) is 7.79. The molecule has 0 aromatic heterocycles. The summed E-state index contributed by atoms with van der Waals surface area (Å²) >= 11 is 0. The van der Waals surface area contributed by atoms with Gasteiger partial charge in [0.15, 0.2) is 0 Å². The van der Waals surface area contributed by atoms with Gasteiger partial charge in [-0.15, -0.1) is 0 Å². The summed E-state index contributed by atoms with van der Waals surface area (Å²) in [6, 6.07) is 0. The van der Waals surface area contributed by atoms with Gasteiger partial charge >= 0.3 is 0 Å². The molecule has 0 spiro atoms. The third-order valence-corrected chi connectivity index (χ3v) is 7.36. The summed E-state index contributed by atoms with van der Waals surface area (Å²) in [7, 11) is 0. The molecule has 0 aromatic rings. The van der Waals surface area contributed by atoms with E-state index in [-0.39, 0.29) is 0 Å². The van der Waals surface area contributed by atoms with Crippen molar-refractivity contribution in [3.05, 3.63) is 0 Å². The van der Waals surface area contributed by atoms with E-state index in [1.807, 2.05) is 0 Å². The fourth-order valence-electron chi connectivity index (χ4n) is 6.90. The van der Waals surface area contributed by atoms with Gasteiger partial charge in [-0.1, -0.05) is 39.5 Å². The van der Waals surface area contributed by atoms with Gasteiger partial charge in [0.2, 0.25) is 0 Å². The molecule has 0 aromatic carbocycles. The van der Waals surface area contributed by atoms with Crippen LogP contribution in [0.4, 0.5) is 0 Å². The van der Waals surface area contributed by atoms with Crippen molar-refractivity contribution in [2.45, 2.75) is 58.8 Å². The van der Waals surface area contributed by atoms with E-state index in [0.29, 0.717) is 0 Å². The topological polar surface area (TPSA) is 0 Å². The van der Waals surface area contributed by atoms with Crippen molar-refractivity contribution >= 4 is 0 Å². The molecular formula is C17H28. The first kappa shape index (κ1) is 10.9. The molecular weight excluding hydrogens is 204 g/mol. The molecule has 17 heavy (non-hydrogen) atoms. The Balaban J connectivity index is 1.66. The van der Waals surface area contributed by atoms with Gasteiger partial charge in [0.1, 0.15) is 0 Å². The molecule has 4 aliphatic carbocycles. The summed E-state index contributed by atoms with van der Waals surface area (Å²) < 4.78 is 0. The number of hydrogen-bond donors (Lipinski definition) is 0. The molecule has 0 radical (unpaired) electrons. The zero-order valence-electron chi connectivity index (χ0n) is 11.6. The molecule has 4 saturated carbocycles. The average molecular weight is 232 g/mol. The van der Waals surface area contributed by atoms with Crippen molar-refractivity contribution in [2.24, 2.45) is 47.3 Å². The molecule has 4 rings (SSSR count). The molecule has 0 aliphatic heterocycles. The van der Waals surface area contributed by atoms with Crippen LogP contribution in [0.5, 0.6) is 0 Å². The van der Waals surface area contributed by atoms with Gasteiger partial charge in [0.05, 0.1) is 0 Å². The standard InChI is InChI=1S/C17H28/c1-3-11-7-10(2)14-9-15-12-5-4-6-13(8-12)17(15)16(11)14/h10-17H,3-9H2,1-2H3. The van der Waals surface area contributed by atoms with E-state index < -0.39 is 0 Å². The molecule has 0 heteroatoms. The van der Waals surface area contributed by atoms with Gasteiger partial charge in [0.25, 0.3) is 0 Å². The van der Waals surface area contributed by atoms with E-state index >= 15 is 0 Å². The van der Waals surface area contributed by atoms with Crippen molar-refractivity contribution in [2.75, 3.05) is 0 Å². The molecule has 96 valence electrons. The molecule has 0 nitrogen and oxygen atoms in total. The van der Waals surface area contributed by atoms with Crippen LogP contribution in [0.15, 0.2) is 0 Å². The third-order valence-electron chi connectivity index (χ3n) is 7.36. The van der Waals surface area contributed by atoms with Crippen LogP contribution < -0.4 is 0 Å². The first-order valence-electron chi connectivity index (χ1n) is 8.29. The maximum Gasteiger partial charge on any atom is -0.0321 e. The number of rotatable bonds is 1. The molecule has 0 saturated heterocycles. The van der Waals surface area contributed by atoms with Gasteiger partial charge < -0.3 is 0 Å². The monoisotopic (exact) mass is 232 g/mol. The van der Waals surface area contributed by atoms with Crippen LogP contribution in [0.3, 0.4) is 0 Å². The van der Waals surface area contributed by atoms with Crippen molar-refractivity contribution in [1.82, 2.24) is 0 Å². The minimum absolute atomic E-state index is 1.05. The minimum Gasteiger partial charge on any atom is -0.0651 e. The Kier molecular flexibility index (Phi) is 2.40.